The SMILES string of the molecule is CCNC(=NCc1cc(C)ccc1OC(F)F)NC1C2CCOC2C1(C)C.I. The first-order chi connectivity index (χ1) is 12.8. The van der Waals surface area contributed by atoms with Crippen LogP contribution in [0.1, 0.15) is 38.3 Å². The van der Waals surface area contributed by atoms with E-state index in [1.165, 1.54) is 0 Å². The van der Waals surface area contributed by atoms with Crippen molar-refractivity contribution in [3.63, 3.8) is 0 Å². The summed E-state index contributed by atoms with van der Waals surface area (Å²) in [5, 5.41) is 6.78. The van der Waals surface area contributed by atoms with Gasteiger partial charge in [-0.15, -0.1) is 24.0 Å². The third kappa shape index (κ3) is 4.87. The number of fused-ring (bicyclic) bond motifs is 1. The molecule has 0 spiro atoms. The second-order valence-electron chi connectivity index (χ2n) is 7.87. The Labute approximate surface area is 182 Å². The molecule has 1 aliphatic heterocycles. The topological polar surface area (TPSA) is 54.9 Å². The summed E-state index contributed by atoms with van der Waals surface area (Å²) >= 11 is 0. The third-order valence-corrected chi connectivity index (χ3v) is 5.58. The number of nitrogens with one attached hydrogen (secondary N) is 2. The first kappa shape index (κ1) is 23.1. The predicted molar refractivity (Wildman–Crippen MR) is 117 cm³/mol. The van der Waals surface area contributed by atoms with Gasteiger partial charge in [-0.2, -0.15) is 8.78 Å². The summed E-state index contributed by atoms with van der Waals surface area (Å²) in [6.45, 7) is 7.27. The smallest absolute Gasteiger partial charge is 0.387 e. The van der Waals surface area contributed by atoms with Crippen molar-refractivity contribution in [3.05, 3.63) is 29.3 Å². The molecule has 3 unspecified atom stereocenters. The van der Waals surface area contributed by atoms with E-state index in [1.807, 2.05) is 19.9 Å². The van der Waals surface area contributed by atoms with E-state index in [1.54, 1.807) is 12.1 Å². The molecule has 0 radical (unpaired) electrons. The number of guanidine groups is 1. The maximum Gasteiger partial charge on any atom is 0.387 e. The molecule has 0 aromatic heterocycles. The molecule has 1 aliphatic carbocycles. The number of aryl methyl sites for hydroxylation is 1. The van der Waals surface area contributed by atoms with Gasteiger partial charge in [0.1, 0.15) is 5.75 Å². The van der Waals surface area contributed by atoms with Crippen LogP contribution in [0.3, 0.4) is 0 Å². The van der Waals surface area contributed by atoms with Crippen LogP contribution in [-0.4, -0.2) is 37.9 Å². The van der Waals surface area contributed by atoms with Gasteiger partial charge in [-0.1, -0.05) is 31.5 Å². The van der Waals surface area contributed by atoms with Gasteiger partial charge in [0.15, 0.2) is 5.96 Å². The monoisotopic (exact) mass is 509 g/mol. The van der Waals surface area contributed by atoms with Crippen LogP contribution in [0.25, 0.3) is 0 Å². The van der Waals surface area contributed by atoms with Gasteiger partial charge in [-0.25, -0.2) is 4.99 Å². The van der Waals surface area contributed by atoms with Crippen molar-refractivity contribution in [2.75, 3.05) is 13.2 Å². The van der Waals surface area contributed by atoms with Crippen molar-refractivity contribution in [3.8, 4) is 5.75 Å². The number of aliphatic imine (C=N–C) groups is 1. The third-order valence-electron chi connectivity index (χ3n) is 5.58. The maximum absolute atomic E-state index is 12.7. The van der Waals surface area contributed by atoms with Crippen molar-refractivity contribution in [2.24, 2.45) is 16.3 Å². The van der Waals surface area contributed by atoms with Crippen LogP contribution in [0.5, 0.6) is 5.75 Å². The molecule has 0 amide bonds. The van der Waals surface area contributed by atoms with Crippen molar-refractivity contribution in [2.45, 2.75) is 59.4 Å². The van der Waals surface area contributed by atoms with Gasteiger partial charge in [0.2, 0.25) is 0 Å². The van der Waals surface area contributed by atoms with E-state index in [9.17, 15) is 8.78 Å². The van der Waals surface area contributed by atoms with E-state index in [0.29, 0.717) is 23.5 Å². The number of hydrogen-bond acceptors (Lipinski definition) is 3. The van der Waals surface area contributed by atoms with E-state index in [0.717, 1.165) is 25.1 Å². The largest absolute Gasteiger partial charge is 0.434 e. The summed E-state index contributed by atoms with van der Waals surface area (Å²) in [6.07, 6.45) is 1.34. The standard InChI is InChI=1S/C20H29F2N3O2.HI/c1-5-23-19(25-16-14-8-9-26-17(14)20(16,3)4)24-11-13-10-12(2)6-7-15(13)27-18(21)22;/h6-7,10,14,16-18H,5,8-9,11H2,1-4H3,(H2,23,24,25);1H. The molecule has 0 bridgehead atoms. The molecule has 1 saturated carbocycles. The highest BCUT2D eigenvalue weighted by Gasteiger charge is 2.59. The van der Waals surface area contributed by atoms with Crippen LogP contribution in [0, 0.1) is 18.3 Å². The summed E-state index contributed by atoms with van der Waals surface area (Å²) in [5.74, 6) is 1.34. The van der Waals surface area contributed by atoms with Crippen LogP contribution < -0.4 is 15.4 Å². The van der Waals surface area contributed by atoms with E-state index in [-0.39, 0.29) is 47.7 Å². The molecule has 2 N–H and O–H groups in total. The second kappa shape index (κ2) is 9.56. The Morgan fingerprint density at radius 1 is 1.39 bits per heavy atom. The van der Waals surface area contributed by atoms with Gasteiger partial charge >= 0.3 is 6.61 Å². The van der Waals surface area contributed by atoms with Gasteiger partial charge in [0.05, 0.1) is 12.6 Å². The summed E-state index contributed by atoms with van der Waals surface area (Å²) < 4.78 is 35.8. The molecule has 2 aliphatic rings. The average Bonchev–Trinajstić information content (AvgIpc) is 3.06. The number of hydrogen-bond donors (Lipinski definition) is 2. The van der Waals surface area contributed by atoms with Gasteiger partial charge < -0.3 is 20.1 Å². The number of nitrogens with zero attached hydrogens (tertiary/aromatic N) is 1. The fourth-order valence-corrected chi connectivity index (χ4v) is 4.29. The maximum atomic E-state index is 12.7. The minimum Gasteiger partial charge on any atom is -0.434 e. The van der Waals surface area contributed by atoms with Crippen LogP contribution in [0.4, 0.5) is 8.78 Å². The number of benzene rings is 1. The first-order valence-electron chi connectivity index (χ1n) is 9.53. The second-order valence-corrected chi connectivity index (χ2v) is 7.87. The quantitative estimate of drug-likeness (QED) is 0.345. The number of halogens is 3. The fourth-order valence-electron chi connectivity index (χ4n) is 4.29. The molecule has 28 heavy (non-hydrogen) atoms. The van der Waals surface area contributed by atoms with Gasteiger partial charge in [-0.3, -0.25) is 0 Å². The van der Waals surface area contributed by atoms with Gasteiger partial charge in [-0.05, 0) is 26.3 Å². The van der Waals surface area contributed by atoms with Crippen molar-refractivity contribution in [1.29, 1.82) is 0 Å². The molecule has 158 valence electrons. The lowest BCUT2D eigenvalue weighted by Gasteiger charge is -2.54. The van der Waals surface area contributed by atoms with Crippen LogP contribution in [0.2, 0.25) is 0 Å². The highest BCUT2D eigenvalue weighted by atomic mass is 127. The minimum atomic E-state index is -2.85. The highest BCUT2D eigenvalue weighted by molar-refractivity contribution is 14.0. The number of alkyl halides is 2. The molecular weight excluding hydrogens is 479 g/mol. The van der Waals surface area contributed by atoms with E-state index >= 15 is 0 Å². The highest BCUT2D eigenvalue weighted by Crippen LogP contribution is 2.52. The predicted octanol–water partition coefficient (Wildman–Crippen LogP) is 4.08. The molecule has 1 saturated heterocycles. The van der Waals surface area contributed by atoms with E-state index < -0.39 is 6.61 Å². The average molecular weight is 509 g/mol. The Kier molecular flexibility index (Phi) is 7.89. The summed E-state index contributed by atoms with van der Waals surface area (Å²) in [5.41, 5.74) is 1.65. The zero-order chi connectivity index (χ0) is 19.6. The zero-order valence-corrected chi connectivity index (χ0v) is 19.1. The molecule has 3 rings (SSSR count). The number of ether oxygens (including phenoxy) is 2. The Balaban J connectivity index is 0.00000280. The van der Waals surface area contributed by atoms with Crippen molar-refractivity contribution >= 4 is 29.9 Å². The molecular formula is C20H30F2IN3O2. The lowest BCUT2D eigenvalue weighted by Crippen LogP contribution is -2.67. The Morgan fingerprint density at radius 3 is 2.82 bits per heavy atom. The molecule has 1 aromatic carbocycles. The molecule has 3 atom stereocenters. The molecule has 5 nitrogen and oxygen atoms in total. The lowest BCUT2D eigenvalue weighted by molar-refractivity contribution is -0.106. The lowest BCUT2D eigenvalue weighted by atomic mass is 9.57. The van der Waals surface area contributed by atoms with Crippen LogP contribution >= 0.6 is 24.0 Å². The summed E-state index contributed by atoms with van der Waals surface area (Å²) in [6, 6.07) is 5.43. The Bertz CT molecular complexity index is 700. The van der Waals surface area contributed by atoms with E-state index in [2.05, 4.69) is 34.2 Å². The van der Waals surface area contributed by atoms with Crippen molar-refractivity contribution < 1.29 is 18.3 Å². The molecule has 8 heteroatoms. The van der Waals surface area contributed by atoms with Crippen molar-refractivity contribution in [1.82, 2.24) is 10.6 Å². The Morgan fingerprint density at radius 2 is 2.14 bits per heavy atom. The Hall–Kier alpha value is -1.16. The first-order valence-corrected chi connectivity index (χ1v) is 9.53. The van der Waals surface area contributed by atoms with Crippen LogP contribution in [0.15, 0.2) is 23.2 Å². The molecule has 2 fully saturated rings. The molecule has 1 aromatic rings. The summed E-state index contributed by atoms with van der Waals surface area (Å²) in [7, 11) is 0. The zero-order valence-electron chi connectivity index (χ0n) is 16.8. The minimum absolute atomic E-state index is 0. The fraction of sp³-hybridized carbons (Fsp3) is 0.650. The van der Waals surface area contributed by atoms with Gasteiger partial charge in [0.25, 0.3) is 0 Å². The van der Waals surface area contributed by atoms with E-state index in [4.69, 9.17) is 4.74 Å². The summed E-state index contributed by atoms with van der Waals surface area (Å²) in [4.78, 5) is 4.62. The number of rotatable bonds is 6. The van der Waals surface area contributed by atoms with Gasteiger partial charge in [0, 0.05) is 36.1 Å². The molecule has 1 heterocycles. The van der Waals surface area contributed by atoms with Crippen LogP contribution in [-0.2, 0) is 11.3 Å². The normalized spacial score (nSPS) is 25.5.